The highest BCUT2D eigenvalue weighted by atomic mass is 19.1. The quantitative estimate of drug-likeness (QED) is 0.471. The number of halogens is 1. The van der Waals surface area contributed by atoms with Crippen molar-refractivity contribution in [1.82, 2.24) is 14.7 Å². The van der Waals surface area contributed by atoms with Crippen molar-refractivity contribution in [2.45, 2.75) is 26.2 Å². The van der Waals surface area contributed by atoms with E-state index in [9.17, 15) is 14.0 Å². The molecule has 0 aliphatic carbocycles. The summed E-state index contributed by atoms with van der Waals surface area (Å²) in [5.41, 5.74) is 2.14. The maximum atomic E-state index is 13.4. The third-order valence-electron chi connectivity index (χ3n) is 5.11. The lowest BCUT2D eigenvalue weighted by molar-refractivity contribution is -0.135. The molecule has 0 unspecified atom stereocenters. The van der Waals surface area contributed by atoms with Crippen molar-refractivity contribution in [3.63, 3.8) is 0 Å². The van der Waals surface area contributed by atoms with Crippen molar-refractivity contribution in [3.8, 4) is 16.9 Å². The van der Waals surface area contributed by atoms with E-state index in [1.165, 1.54) is 17.0 Å². The number of hydrogen-bond acceptors (Lipinski definition) is 4. The first-order chi connectivity index (χ1) is 16.0. The molecule has 1 N–H and O–H groups in total. The number of anilines is 1. The molecule has 8 heteroatoms. The van der Waals surface area contributed by atoms with Crippen LogP contribution in [0.5, 0.6) is 0 Å². The summed E-state index contributed by atoms with van der Waals surface area (Å²) in [6, 6.07) is 17.2. The summed E-state index contributed by atoms with van der Waals surface area (Å²) in [6.45, 7) is 2.59. The molecule has 1 aromatic heterocycles. The van der Waals surface area contributed by atoms with E-state index in [4.69, 9.17) is 4.74 Å². The first-order valence-electron chi connectivity index (χ1n) is 11.0. The van der Waals surface area contributed by atoms with Crippen molar-refractivity contribution >= 4 is 17.6 Å². The van der Waals surface area contributed by atoms with Gasteiger partial charge < -0.3 is 15.0 Å². The molecule has 174 valence electrons. The van der Waals surface area contributed by atoms with Gasteiger partial charge in [0.15, 0.2) is 0 Å². The van der Waals surface area contributed by atoms with Crippen molar-refractivity contribution in [2.24, 2.45) is 0 Å². The number of nitrogens with one attached hydrogen (secondary N) is 1. The molecule has 1 heterocycles. The zero-order valence-corrected chi connectivity index (χ0v) is 19.0. The number of nitrogens with zero attached hydrogens (tertiary/aromatic N) is 3. The number of ether oxygens (including phenoxy) is 1. The van der Waals surface area contributed by atoms with Gasteiger partial charge in [-0.1, -0.05) is 43.7 Å². The monoisotopic (exact) mass is 452 g/mol. The fourth-order valence-electron chi connectivity index (χ4n) is 3.33. The van der Waals surface area contributed by atoms with Crippen LogP contribution in [-0.2, 0) is 14.3 Å². The van der Waals surface area contributed by atoms with Gasteiger partial charge in [-0.3, -0.25) is 9.59 Å². The van der Waals surface area contributed by atoms with E-state index in [0.29, 0.717) is 36.8 Å². The molecule has 2 amide bonds. The molecule has 0 saturated heterocycles. The fraction of sp³-hybridized carbons (Fsp3) is 0.320. The third kappa shape index (κ3) is 6.73. The maximum absolute atomic E-state index is 13.4. The number of unbranched alkanes of at least 4 members (excludes halogenated alkanes) is 1. The second-order valence-electron chi connectivity index (χ2n) is 7.63. The summed E-state index contributed by atoms with van der Waals surface area (Å²) >= 11 is 0. The standard InChI is InChI=1S/C25H29FN4O3/c1-3-4-10-25(32)29(15-16-33-2)18-24(31)27-23-17-22(19-8-6-5-7-9-19)28-30(23)21-13-11-20(26)12-14-21/h5-9,11-14,17H,3-4,10,15-16,18H2,1-2H3,(H,27,31). The average Bonchev–Trinajstić information content (AvgIpc) is 3.24. The Morgan fingerprint density at radius 2 is 1.85 bits per heavy atom. The molecule has 3 rings (SSSR count). The number of amides is 2. The Kier molecular flexibility index (Phi) is 8.71. The first kappa shape index (κ1) is 24.1. The number of carbonyl (C=O) groups is 2. The van der Waals surface area contributed by atoms with E-state index in [-0.39, 0.29) is 24.2 Å². The summed E-state index contributed by atoms with van der Waals surface area (Å²) in [7, 11) is 1.56. The lowest BCUT2D eigenvalue weighted by Crippen LogP contribution is -2.40. The number of benzene rings is 2. The number of rotatable bonds is 11. The minimum atomic E-state index is -0.362. The molecule has 0 atom stereocenters. The van der Waals surface area contributed by atoms with E-state index >= 15 is 0 Å². The summed E-state index contributed by atoms with van der Waals surface area (Å²) in [4.78, 5) is 26.9. The largest absolute Gasteiger partial charge is 0.383 e. The number of methoxy groups -OCH3 is 1. The highest BCUT2D eigenvalue weighted by Gasteiger charge is 2.19. The Bertz CT molecular complexity index is 1050. The number of hydrogen-bond donors (Lipinski definition) is 1. The van der Waals surface area contributed by atoms with Gasteiger partial charge in [0.1, 0.15) is 11.6 Å². The van der Waals surface area contributed by atoms with Crippen LogP contribution < -0.4 is 5.32 Å². The molecule has 0 radical (unpaired) electrons. The van der Waals surface area contributed by atoms with Crippen LogP contribution in [0, 0.1) is 5.82 Å². The van der Waals surface area contributed by atoms with Crippen LogP contribution in [0.2, 0.25) is 0 Å². The highest BCUT2D eigenvalue weighted by Crippen LogP contribution is 2.25. The Morgan fingerprint density at radius 1 is 1.12 bits per heavy atom. The third-order valence-corrected chi connectivity index (χ3v) is 5.11. The molecule has 0 fully saturated rings. The second-order valence-corrected chi connectivity index (χ2v) is 7.63. The normalized spacial score (nSPS) is 10.8. The second kappa shape index (κ2) is 11.9. The van der Waals surface area contributed by atoms with Crippen LogP contribution in [-0.4, -0.2) is 53.3 Å². The molecule has 0 bridgehead atoms. The summed E-state index contributed by atoms with van der Waals surface area (Å²) < 4.78 is 20.1. The Morgan fingerprint density at radius 3 is 2.52 bits per heavy atom. The highest BCUT2D eigenvalue weighted by molar-refractivity contribution is 5.94. The van der Waals surface area contributed by atoms with Crippen molar-refractivity contribution < 1.29 is 18.7 Å². The minimum Gasteiger partial charge on any atom is -0.383 e. The van der Waals surface area contributed by atoms with Crippen molar-refractivity contribution in [3.05, 3.63) is 66.5 Å². The minimum absolute atomic E-state index is 0.0823. The zero-order valence-electron chi connectivity index (χ0n) is 19.0. The van der Waals surface area contributed by atoms with Gasteiger partial charge in [0.2, 0.25) is 11.8 Å². The Hall–Kier alpha value is -3.52. The summed E-state index contributed by atoms with van der Waals surface area (Å²) in [6.07, 6.45) is 2.05. The first-order valence-corrected chi connectivity index (χ1v) is 11.0. The van der Waals surface area contributed by atoms with E-state index in [0.717, 1.165) is 18.4 Å². The molecule has 7 nitrogen and oxygen atoms in total. The zero-order chi connectivity index (χ0) is 23.6. The van der Waals surface area contributed by atoms with Crippen LogP contribution in [0.25, 0.3) is 16.9 Å². The Labute approximate surface area is 193 Å². The molecule has 3 aromatic rings. The molecule has 0 spiro atoms. The van der Waals surface area contributed by atoms with Gasteiger partial charge in [0.05, 0.1) is 24.5 Å². The van der Waals surface area contributed by atoms with E-state index in [1.54, 1.807) is 30.0 Å². The van der Waals surface area contributed by atoms with Gasteiger partial charge in [-0.15, -0.1) is 0 Å². The van der Waals surface area contributed by atoms with Gasteiger partial charge in [0.25, 0.3) is 0 Å². The van der Waals surface area contributed by atoms with Crippen LogP contribution in [0.1, 0.15) is 26.2 Å². The fourth-order valence-corrected chi connectivity index (χ4v) is 3.33. The molecule has 0 aliphatic rings. The lowest BCUT2D eigenvalue weighted by atomic mass is 10.1. The van der Waals surface area contributed by atoms with Gasteiger partial charge >= 0.3 is 0 Å². The predicted molar refractivity (Wildman–Crippen MR) is 126 cm³/mol. The van der Waals surface area contributed by atoms with Gasteiger partial charge in [0, 0.05) is 31.7 Å². The summed E-state index contributed by atoms with van der Waals surface area (Å²) in [5, 5.41) is 7.48. The van der Waals surface area contributed by atoms with Crippen LogP contribution in [0.4, 0.5) is 10.2 Å². The van der Waals surface area contributed by atoms with E-state index < -0.39 is 0 Å². The van der Waals surface area contributed by atoms with Crippen molar-refractivity contribution in [2.75, 3.05) is 32.1 Å². The lowest BCUT2D eigenvalue weighted by Gasteiger charge is -2.22. The van der Waals surface area contributed by atoms with E-state index in [1.807, 2.05) is 37.3 Å². The average molecular weight is 453 g/mol. The van der Waals surface area contributed by atoms with Crippen LogP contribution in [0.15, 0.2) is 60.7 Å². The predicted octanol–water partition coefficient (Wildman–Crippen LogP) is 4.28. The van der Waals surface area contributed by atoms with Crippen LogP contribution in [0.3, 0.4) is 0 Å². The molecular formula is C25H29FN4O3. The molecular weight excluding hydrogens is 423 g/mol. The van der Waals surface area contributed by atoms with Crippen LogP contribution >= 0.6 is 0 Å². The Balaban J connectivity index is 1.84. The molecule has 0 saturated carbocycles. The topological polar surface area (TPSA) is 76.5 Å². The van der Waals surface area contributed by atoms with Crippen molar-refractivity contribution in [1.29, 1.82) is 0 Å². The molecule has 2 aromatic carbocycles. The van der Waals surface area contributed by atoms with Gasteiger partial charge in [-0.25, -0.2) is 9.07 Å². The smallest absolute Gasteiger partial charge is 0.245 e. The molecule has 33 heavy (non-hydrogen) atoms. The maximum Gasteiger partial charge on any atom is 0.245 e. The SMILES string of the molecule is CCCCC(=O)N(CCOC)CC(=O)Nc1cc(-c2ccccc2)nn1-c1ccc(F)cc1. The number of carbonyl (C=O) groups excluding carboxylic acids is 2. The van der Waals surface area contributed by atoms with E-state index in [2.05, 4.69) is 10.4 Å². The summed E-state index contributed by atoms with van der Waals surface area (Å²) in [5.74, 6) is -0.364. The molecule has 0 aliphatic heterocycles. The number of aromatic nitrogens is 2. The van der Waals surface area contributed by atoms with Gasteiger partial charge in [-0.2, -0.15) is 5.10 Å². The van der Waals surface area contributed by atoms with Gasteiger partial charge in [-0.05, 0) is 30.7 Å².